The van der Waals surface area contributed by atoms with E-state index < -0.39 is 0 Å². The maximum atomic E-state index is 12.1. The summed E-state index contributed by atoms with van der Waals surface area (Å²) in [6, 6.07) is 1.63. The van der Waals surface area contributed by atoms with Crippen LogP contribution in [0.25, 0.3) is 0 Å². The molecule has 2 aromatic heterocycles. The molecule has 0 amide bonds. The van der Waals surface area contributed by atoms with Crippen molar-refractivity contribution >= 4 is 21.7 Å². The molecule has 0 aliphatic rings. The van der Waals surface area contributed by atoms with Gasteiger partial charge >= 0.3 is 0 Å². The zero-order valence-electron chi connectivity index (χ0n) is 10.4. The van der Waals surface area contributed by atoms with Crippen LogP contribution in [0.3, 0.4) is 0 Å². The summed E-state index contributed by atoms with van der Waals surface area (Å²) in [6.07, 6.45) is 1.87. The third-order valence-electron chi connectivity index (χ3n) is 2.65. The highest BCUT2D eigenvalue weighted by atomic mass is 79.9. The Morgan fingerprint density at radius 2 is 2.17 bits per heavy atom. The van der Waals surface area contributed by atoms with Gasteiger partial charge in [-0.3, -0.25) is 9.48 Å². The second kappa shape index (κ2) is 4.97. The quantitative estimate of drug-likeness (QED) is 0.814. The minimum absolute atomic E-state index is 0.0378. The highest BCUT2D eigenvalue weighted by Crippen LogP contribution is 2.21. The fourth-order valence-corrected chi connectivity index (χ4v) is 2.20. The second-order valence-electron chi connectivity index (χ2n) is 4.06. The lowest BCUT2D eigenvalue weighted by molar-refractivity contribution is 0.0985. The summed E-state index contributed by atoms with van der Waals surface area (Å²) in [5.74, 6) is 0.560. The fourth-order valence-electron chi connectivity index (χ4n) is 1.73. The Morgan fingerprint density at radius 1 is 1.44 bits per heavy atom. The standard InChI is InChI=1S/C12H13BrN4O/c1-7-12(13)10(17(3)16-7)6-11(18)9-4-5-14-8(2)15-9/h4-5H,6H2,1-3H3. The number of hydrogen-bond acceptors (Lipinski definition) is 4. The number of hydrogen-bond donors (Lipinski definition) is 0. The van der Waals surface area contributed by atoms with Crippen LogP contribution in [0.1, 0.15) is 27.7 Å². The highest BCUT2D eigenvalue weighted by Gasteiger charge is 2.16. The summed E-state index contributed by atoms with van der Waals surface area (Å²) in [5.41, 5.74) is 2.17. The van der Waals surface area contributed by atoms with Crippen LogP contribution in [0.4, 0.5) is 0 Å². The van der Waals surface area contributed by atoms with Gasteiger partial charge in [-0.1, -0.05) is 0 Å². The van der Waals surface area contributed by atoms with Gasteiger partial charge < -0.3 is 0 Å². The molecule has 0 saturated heterocycles. The SMILES string of the molecule is Cc1nccc(C(=O)Cc2c(Br)c(C)nn2C)n1. The number of aromatic nitrogens is 4. The first-order chi connectivity index (χ1) is 8.49. The molecule has 0 spiro atoms. The molecule has 0 aliphatic carbocycles. The number of Topliss-reactive ketones (excluding diaryl/α,β-unsaturated/α-hetero) is 1. The molecule has 94 valence electrons. The zero-order valence-corrected chi connectivity index (χ0v) is 12.0. The lowest BCUT2D eigenvalue weighted by Gasteiger charge is -2.03. The van der Waals surface area contributed by atoms with Crippen molar-refractivity contribution in [2.24, 2.45) is 7.05 Å². The number of nitrogens with zero attached hydrogens (tertiary/aromatic N) is 4. The van der Waals surface area contributed by atoms with Gasteiger partial charge in [0.2, 0.25) is 0 Å². The Morgan fingerprint density at radius 3 is 2.72 bits per heavy atom. The molecule has 0 N–H and O–H groups in total. The number of aryl methyl sites for hydroxylation is 3. The molecule has 0 radical (unpaired) electrons. The number of ketones is 1. The Hall–Kier alpha value is -1.56. The maximum Gasteiger partial charge on any atom is 0.187 e. The average Bonchev–Trinajstić information content (AvgIpc) is 2.56. The second-order valence-corrected chi connectivity index (χ2v) is 4.85. The van der Waals surface area contributed by atoms with Crippen molar-refractivity contribution in [1.82, 2.24) is 19.7 Å². The van der Waals surface area contributed by atoms with E-state index >= 15 is 0 Å². The van der Waals surface area contributed by atoms with Crippen molar-refractivity contribution in [1.29, 1.82) is 0 Å². The van der Waals surface area contributed by atoms with Crippen molar-refractivity contribution in [2.75, 3.05) is 0 Å². The van der Waals surface area contributed by atoms with Crippen LogP contribution in [0.5, 0.6) is 0 Å². The molecule has 0 fully saturated rings. The Balaban J connectivity index is 2.27. The summed E-state index contributed by atoms with van der Waals surface area (Å²) in [7, 11) is 1.83. The van der Waals surface area contributed by atoms with Crippen molar-refractivity contribution in [3.05, 3.63) is 39.6 Å². The first-order valence-electron chi connectivity index (χ1n) is 5.50. The smallest absolute Gasteiger partial charge is 0.187 e. The molecule has 0 aromatic carbocycles. The number of carbonyl (C=O) groups is 1. The molecule has 2 rings (SSSR count). The van der Waals surface area contributed by atoms with Gasteiger partial charge in [-0.15, -0.1) is 0 Å². The van der Waals surface area contributed by atoms with Gasteiger partial charge in [0.25, 0.3) is 0 Å². The molecule has 0 aliphatic heterocycles. The average molecular weight is 309 g/mol. The molecular formula is C12H13BrN4O. The molecule has 0 atom stereocenters. The largest absolute Gasteiger partial charge is 0.292 e. The molecule has 6 heteroatoms. The number of rotatable bonds is 3. The van der Waals surface area contributed by atoms with Crippen molar-refractivity contribution < 1.29 is 4.79 Å². The first-order valence-corrected chi connectivity index (χ1v) is 6.29. The Bertz CT molecular complexity index is 606. The van der Waals surface area contributed by atoms with Crippen LogP contribution in [0.15, 0.2) is 16.7 Å². The topological polar surface area (TPSA) is 60.7 Å². The van der Waals surface area contributed by atoms with Gasteiger partial charge in [0.15, 0.2) is 5.78 Å². The van der Waals surface area contributed by atoms with Crippen LogP contribution >= 0.6 is 15.9 Å². The van der Waals surface area contributed by atoms with E-state index in [2.05, 4.69) is 31.0 Å². The first kappa shape index (κ1) is 12.9. The maximum absolute atomic E-state index is 12.1. The summed E-state index contributed by atoms with van der Waals surface area (Å²) in [4.78, 5) is 20.2. The highest BCUT2D eigenvalue weighted by molar-refractivity contribution is 9.10. The summed E-state index contributed by atoms with van der Waals surface area (Å²) >= 11 is 3.45. The minimum atomic E-state index is -0.0378. The summed E-state index contributed by atoms with van der Waals surface area (Å²) in [5, 5.41) is 4.26. The monoisotopic (exact) mass is 308 g/mol. The molecule has 0 saturated carbocycles. The number of halogens is 1. The number of carbonyl (C=O) groups excluding carboxylic acids is 1. The van der Waals surface area contributed by atoms with E-state index in [1.165, 1.54) is 0 Å². The van der Waals surface area contributed by atoms with Crippen molar-refractivity contribution in [3.8, 4) is 0 Å². The van der Waals surface area contributed by atoms with E-state index in [-0.39, 0.29) is 12.2 Å². The molecule has 2 heterocycles. The van der Waals surface area contributed by atoms with Gasteiger partial charge in [0.1, 0.15) is 11.5 Å². The van der Waals surface area contributed by atoms with Gasteiger partial charge in [0.05, 0.1) is 22.3 Å². The van der Waals surface area contributed by atoms with Gasteiger partial charge in [-0.2, -0.15) is 5.10 Å². The Labute approximate surface area is 113 Å². The molecule has 0 bridgehead atoms. The van der Waals surface area contributed by atoms with E-state index in [4.69, 9.17) is 0 Å². The third-order valence-corrected chi connectivity index (χ3v) is 3.68. The van der Waals surface area contributed by atoms with E-state index in [0.29, 0.717) is 11.5 Å². The lowest BCUT2D eigenvalue weighted by atomic mass is 10.1. The van der Waals surface area contributed by atoms with Crippen LogP contribution in [-0.2, 0) is 13.5 Å². The molecule has 2 aromatic rings. The van der Waals surface area contributed by atoms with E-state index in [1.807, 2.05) is 14.0 Å². The van der Waals surface area contributed by atoms with Crippen LogP contribution < -0.4 is 0 Å². The zero-order chi connectivity index (χ0) is 13.3. The summed E-state index contributed by atoms with van der Waals surface area (Å²) in [6.45, 7) is 3.66. The van der Waals surface area contributed by atoms with Gasteiger partial charge in [0, 0.05) is 13.2 Å². The predicted molar refractivity (Wildman–Crippen MR) is 70.4 cm³/mol. The normalized spacial score (nSPS) is 10.7. The molecule has 18 heavy (non-hydrogen) atoms. The van der Waals surface area contributed by atoms with Crippen LogP contribution in [-0.4, -0.2) is 25.5 Å². The minimum Gasteiger partial charge on any atom is -0.292 e. The van der Waals surface area contributed by atoms with Crippen LogP contribution in [0, 0.1) is 13.8 Å². The van der Waals surface area contributed by atoms with Crippen molar-refractivity contribution in [3.63, 3.8) is 0 Å². The van der Waals surface area contributed by atoms with E-state index in [0.717, 1.165) is 15.9 Å². The third kappa shape index (κ3) is 2.48. The van der Waals surface area contributed by atoms with Gasteiger partial charge in [-0.25, -0.2) is 9.97 Å². The van der Waals surface area contributed by atoms with Gasteiger partial charge in [-0.05, 0) is 35.8 Å². The van der Waals surface area contributed by atoms with Crippen LogP contribution in [0.2, 0.25) is 0 Å². The van der Waals surface area contributed by atoms with E-state index in [9.17, 15) is 4.79 Å². The summed E-state index contributed by atoms with van der Waals surface area (Å²) < 4.78 is 2.59. The Kier molecular flexibility index (Phi) is 3.56. The lowest BCUT2D eigenvalue weighted by Crippen LogP contribution is -2.10. The molecule has 0 unspecified atom stereocenters. The van der Waals surface area contributed by atoms with Crippen molar-refractivity contribution in [2.45, 2.75) is 20.3 Å². The van der Waals surface area contributed by atoms with E-state index in [1.54, 1.807) is 23.9 Å². The fraction of sp³-hybridized carbons (Fsp3) is 0.333. The predicted octanol–water partition coefficient (Wildman–Crippen LogP) is 2.01. The molecule has 5 nitrogen and oxygen atoms in total. The molecular weight excluding hydrogens is 296 g/mol.